The molecule has 0 aliphatic carbocycles. The third-order valence-corrected chi connectivity index (χ3v) is 4.01. The molecule has 1 fully saturated rings. The van der Waals surface area contributed by atoms with Gasteiger partial charge in [0, 0.05) is 57.4 Å². The van der Waals surface area contributed by atoms with Crippen molar-refractivity contribution >= 4 is 6.03 Å². The molecule has 0 spiro atoms. The summed E-state index contributed by atoms with van der Waals surface area (Å²) in [5.41, 5.74) is 1.14. The van der Waals surface area contributed by atoms with Gasteiger partial charge >= 0.3 is 6.03 Å². The minimum atomic E-state index is -0.163. The molecule has 0 atom stereocenters. The predicted molar refractivity (Wildman–Crippen MR) is 114 cm³/mol. The zero-order valence-corrected chi connectivity index (χ0v) is 19.0. The van der Waals surface area contributed by atoms with E-state index < -0.39 is 0 Å². The minimum Gasteiger partial charge on any atom is -0.320 e. The van der Waals surface area contributed by atoms with Crippen molar-refractivity contribution in [1.82, 2.24) is 9.80 Å². The van der Waals surface area contributed by atoms with Crippen LogP contribution in [0.25, 0.3) is 0 Å². The van der Waals surface area contributed by atoms with Crippen molar-refractivity contribution in [3.05, 3.63) is 35.6 Å². The normalized spacial score (nSPS) is 13.0. The molecule has 1 saturated heterocycles. The SMILES string of the molecule is C.C.C.CC(C)N1CCN(C(C)(C)C)C1=O.CC(C)c1ccc(F)cc1.[Y]. The Balaban J connectivity index is -0.000000174. The Morgan fingerprint density at radius 3 is 1.63 bits per heavy atom. The number of urea groups is 1. The van der Waals surface area contributed by atoms with Gasteiger partial charge in [-0.25, -0.2) is 9.18 Å². The molecule has 27 heavy (non-hydrogen) atoms. The number of benzene rings is 1. The van der Waals surface area contributed by atoms with Crippen LogP contribution in [0.2, 0.25) is 0 Å². The number of hydrogen-bond donors (Lipinski definition) is 0. The molecule has 5 heteroatoms. The molecule has 0 bridgehead atoms. The Labute approximate surface area is 194 Å². The van der Waals surface area contributed by atoms with Gasteiger partial charge in [0.1, 0.15) is 5.82 Å². The van der Waals surface area contributed by atoms with E-state index in [-0.39, 0.29) is 72.4 Å². The number of hydrogen-bond acceptors (Lipinski definition) is 1. The number of amides is 2. The van der Waals surface area contributed by atoms with Gasteiger partial charge in [0.05, 0.1) is 0 Å². The molecule has 0 saturated carbocycles. The fraction of sp³-hybridized carbons (Fsp3) is 0.682. The van der Waals surface area contributed by atoms with Crippen molar-refractivity contribution in [2.24, 2.45) is 0 Å². The average Bonchev–Trinajstić information content (AvgIpc) is 2.82. The van der Waals surface area contributed by atoms with E-state index in [1.54, 1.807) is 0 Å². The number of nitrogens with zero attached hydrogens (tertiary/aromatic N) is 2. The van der Waals surface area contributed by atoms with Crippen LogP contribution in [-0.4, -0.2) is 40.5 Å². The summed E-state index contributed by atoms with van der Waals surface area (Å²) in [6.07, 6.45) is 0. The first-order valence-electron chi connectivity index (χ1n) is 8.37. The van der Waals surface area contributed by atoms with E-state index in [0.717, 1.165) is 13.1 Å². The van der Waals surface area contributed by atoms with Crippen molar-refractivity contribution in [2.45, 2.75) is 88.2 Å². The van der Waals surface area contributed by atoms with E-state index >= 15 is 0 Å². The van der Waals surface area contributed by atoms with Crippen LogP contribution in [0.5, 0.6) is 0 Å². The van der Waals surface area contributed by atoms with E-state index in [1.165, 1.54) is 17.7 Å². The molecule has 1 heterocycles. The third-order valence-electron chi connectivity index (χ3n) is 4.01. The van der Waals surface area contributed by atoms with Gasteiger partial charge in [0.2, 0.25) is 0 Å². The van der Waals surface area contributed by atoms with E-state index in [0.29, 0.717) is 12.0 Å². The molecule has 3 nitrogen and oxygen atoms in total. The monoisotopic (exact) mass is 459 g/mol. The zero-order valence-electron chi connectivity index (χ0n) is 16.1. The molecule has 1 aromatic rings. The fourth-order valence-corrected chi connectivity index (χ4v) is 2.50. The fourth-order valence-electron chi connectivity index (χ4n) is 2.50. The standard InChI is InChI=1S/C10H20N2O.C9H11F.3CH4.Y/c1-8(2)11-6-7-12(9(11)13)10(3,4)5;1-7(2)8-3-5-9(10)6-4-8;;;;/h8H,6-7H2,1-5H3;3-7H,1-2H3;3*1H4;. The van der Waals surface area contributed by atoms with Gasteiger partial charge in [0.15, 0.2) is 0 Å². The Bertz CT molecular complexity index is 510. The van der Waals surface area contributed by atoms with Gasteiger partial charge in [-0.2, -0.15) is 0 Å². The second-order valence-corrected chi connectivity index (χ2v) is 7.60. The van der Waals surface area contributed by atoms with Crippen molar-refractivity contribution in [3.8, 4) is 0 Å². The molecule has 1 aliphatic rings. The largest absolute Gasteiger partial charge is 0.320 e. The molecule has 2 rings (SSSR count). The second-order valence-electron chi connectivity index (χ2n) is 7.60. The maximum atomic E-state index is 12.4. The number of rotatable bonds is 2. The van der Waals surface area contributed by atoms with Crippen molar-refractivity contribution in [3.63, 3.8) is 0 Å². The van der Waals surface area contributed by atoms with Crippen molar-refractivity contribution in [1.29, 1.82) is 0 Å². The van der Waals surface area contributed by atoms with Crippen LogP contribution >= 0.6 is 0 Å². The smallest absolute Gasteiger partial charge is 0.320 e. The van der Waals surface area contributed by atoms with Crippen LogP contribution in [-0.2, 0) is 32.7 Å². The average molecular weight is 460 g/mol. The quantitative estimate of drug-likeness (QED) is 0.478. The van der Waals surface area contributed by atoms with Crippen LogP contribution in [0.15, 0.2) is 24.3 Å². The van der Waals surface area contributed by atoms with Gasteiger partial charge in [0.25, 0.3) is 0 Å². The van der Waals surface area contributed by atoms with E-state index in [1.807, 2.05) is 21.9 Å². The van der Waals surface area contributed by atoms with Crippen LogP contribution in [0.3, 0.4) is 0 Å². The number of carbonyl (C=O) groups excluding carboxylic acids is 1. The summed E-state index contributed by atoms with van der Waals surface area (Å²) < 4.78 is 12.4. The topological polar surface area (TPSA) is 23.6 Å². The first-order valence-corrected chi connectivity index (χ1v) is 8.37. The van der Waals surface area contributed by atoms with E-state index in [2.05, 4.69) is 48.5 Å². The maximum Gasteiger partial charge on any atom is 0.320 e. The molecule has 1 aliphatic heterocycles. The minimum absolute atomic E-state index is 0. The maximum absolute atomic E-state index is 12.4. The molecular formula is C22H43FN2OY. The predicted octanol–water partition coefficient (Wildman–Crippen LogP) is 6.79. The molecule has 157 valence electrons. The molecule has 1 aromatic carbocycles. The van der Waals surface area contributed by atoms with Crippen LogP contribution < -0.4 is 0 Å². The van der Waals surface area contributed by atoms with Crippen LogP contribution in [0, 0.1) is 5.82 Å². The van der Waals surface area contributed by atoms with Crippen molar-refractivity contribution in [2.75, 3.05) is 13.1 Å². The summed E-state index contributed by atoms with van der Waals surface area (Å²) in [6, 6.07) is 7.13. The Morgan fingerprint density at radius 2 is 1.37 bits per heavy atom. The Kier molecular flexibility index (Phi) is 18.3. The summed E-state index contributed by atoms with van der Waals surface area (Å²) >= 11 is 0. The van der Waals surface area contributed by atoms with Crippen LogP contribution in [0.1, 0.15) is 82.2 Å². The van der Waals surface area contributed by atoms with Gasteiger partial charge in [-0.15, -0.1) is 0 Å². The van der Waals surface area contributed by atoms with E-state index in [4.69, 9.17) is 0 Å². The summed E-state index contributed by atoms with van der Waals surface area (Å²) in [7, 11) is 0. The van der Waals surface area contributed by atoms with Gasteiger partial charge in [-0.3, -0.25) is 0 Å². The van der Waals surface area contributed by atoms with Gasteiger partial charge in [-0.1, -0.05) is 48.3 Å². The molecule has 2 amide bonds. The van der Waals surface area contributed by atoms with E-state index in [9.17, 15) is 9.18 Å². The summed E-state index contributed by atoms with van der Waals surface area (Å²) in [5.74, 6) is 0.324. The third kappa shape index (κ3) is 10.6. The molecule has 1 radical (unpaired) electrons. The molecular weight excluding hydrogens is 416 g/mol. The first kappa shape index (κ1) is 34.1. The van der Waals surface area contributed by atoms with Crippen LogP contribution in [0.4, 0.5) is 9.18 Å². The second kappa shape index (κ2) is 14.5. The molecule has 0 aromatic heterocycles. The Hall–Kier alpha value is -0.476. The summed E-state index contributed by atoms with van der Waals surface area (Å²) in [5, 5.41) is 0. The zero-order chi connectivity index (χ0) is 17.8. The summed E-state index contributed by atoms with van der Waals surface area (Å²) in [4.78, 5) is 15.7. The number of halogens is 1. The van der Waals surface area contributed by atoms with Gasteiger partial charge in [-0.05, 0) is 58.2 Å². The van der Waals surface area contributed by atoms with Gasteiger partial charge < -0.3 is 9.80 Å². The Morgan fingerprint density at radius 1 is 0.926 bits per heavy atom. The first-order chi connectivity index (χ1) is 10.5. The molecule has 0 N–H and O–H groups in total. The van der Waals surface area contributed by atoms with Crippen molar-refractivity contribution < 1.29 is 41.9 Å². The summed E-state index contributed by atoms with van der Waals surface area (Å²) in [6.45, 7) is 16.3. The molecule has 0 unspecified atom stereocenters. The number of carbonyl (C=O) groups is 1.